The Morgan fingerprint density at radius 1 is 1.16 bits per heavy atom. The summed E-state index contributed by atoms with van der Waals surface area (Å²) < 4.78 is 6.38. The molecule has 188 valence electrons. The summed E-state index contributed by atoms with van der Waals surface area (Å²) in [6, 6.07) is 22.9. The minimum atomic E-state index is -0.266. The Morgan fingerprint density at radius 2 is 1.97 bits per heavy atom. The molecule has 9 heteroatoms. The Labute approximate surface area is 230 Å². The molecule has 1 fully saturated rings. The van der Waals surface area contributed by atoms with Gasteiger partial charge in [0.2, 0.25) is 5.91 Å². The third-order valence-electron chi connectivity index (χ3n) is 6.11. The van der Waals surface area contributed by atoms with E-state index in [0.29, 0.717) is 16.6 Å². The molecule has 2 aromatic carbocycles. The minimum Gasteiger partial charge on any atom is -0.452 e. The number of furan rings is 1. The van der Waals surface area contributed by atoms with E-state index in [1.807, 2.05) is 86.6 Å². The topological polar surface area (TPSA) is 70.4 Å². The van der Waals surface area contributed by atoms with Crippen molar-refractivity contribution in [2.45, 2.75) is 42.3 Å². The number of nitrogens with one attached hydrogen (secondary N) is 2. The molecule has 5 rings (SSSR count). The number of amides is 1. The van der Waals surface area contributed by atoms with Crippen LogP contribution >= 0.6 is 35.6 Å². The van der Waals surface area contributed by atoms with Crippen LogP contribution in [0, 0.1) is 6.92 Å². The van der Waals surface area contributed by atoms with Crippen LogP contribution in [-0.2, 0) is 4.79 Å². The maximum absolute atomic E-state index is 11.9. The van der Waals surface area contributed by atoms with Gasteiger partial charge in [-0.15, -0.1) is 0 Å². The average molecular weight is 549 g/mol. The molecule has 2 aromatic heterocycles. The molecular weight excluding hydrogens is 524 g/mol. The molecule has 0 radical (unpaired) electrons. The van der Waals surface area contributed by atoms with Gasteiger partial charge in [-0.25, -0.2) is 0 Å². The van der Waals surface area contributed by atoms with E-state index in [-0.39, 0.29) is 18.0 Å². The summed E-state index contributed by atoms with van der Waals surface area (Å²) in [5, 5.41) is 8.44. The monoisotopic (exact) mass is 548 g/mol. The number of thiocarbonyl (C=S) groups is 1. The standard InChI is InChI=1S/C28H25ClN4O2S2/c1-3-24(34)31-21-12-9-19(16-17(21)2)33-27(26(32-28(33)36)22-6-4-5-15-30-22)23-13-14-25(35-23)37-20-10-7-18(29)8-11-20/h4-16,26-27H,3H2,1-2H3,(H,31,34)(H,32,36)/t26-,27-/m1/s1. The van der Waals surface area contributed by atoms with Crippen LogP contribution in [0.2, 0.25) is 5.02 Å². The quantitative estimate of drug-likeness (QED) is 0.234. The first kappa shape index (κ1) is 25.3. The Balaban J connectivity index is 1.50. The van der Waals surface area contributed by atoms with Crippen LogP contribution in [0.3, 0.4) is 0 Å². The first-order valence-electron chi connectivity index (χ1n) is 11.9. The van der Waals surface area contributed by atoms with E-state index in [2.05, 4.69) is 20.5 Å². The minimum absolute atomic E-state index is 0.0244. The van der Waals surface area contributed by atoms with E-state index in [1.165, 1.54) is 11.8 Å². The lowest BCUT2D eigenvalue weighted by molar-refractivity contribution is -0.115. The number of carbonyl (C=O) groups is 1. The first-order valence-corrected chi connectivity index (χ1v) is 13.5. The van der Waals surface area contributed by atoms with Crippen LogP contribution in [0.4, 0.5) is 11.4 Å². The molecule has 2 atom stereocenters. The van der Waals surface area contributed by atoms with E-state index in [4.69, 9.17) is 28.2 Å². The fourth-order valence-electron chi connectivity index (χ4n) is 4.27. The van der Waals surface area contributed by atoms with Crippen LogP contribution in [0.25, 0.3) is 0 Å². The molecule has 2 N–H and O–H groups in total. The smallest absolute Gasteiger partial charge is 0.224 e. The molecule has 0 aliphatic carbocycles. The molecule has 1 saturated heterocycles. The lowest BCUT2D eigenvalue weighted by Crippen LogP contribution is -2.29. The lowest BCUT2D eigenvalue weighted by atomic mass is 10.0. The van der Waals surface area contributed by atoms with Gasteiger partial charge in [0.1, 0.15) is 11.8 Å². The van der Waals surface area contributed by atoms with Crippen molar-refractivity contribution in [3.05, 3.63) is 101 Å². The highest BCUT2D eigenvalue weighted by atomic mass is 35.5. The van der Waals surface area contributed by atoms with Crippen molar-refractivity contribution in [1.82, 2.24) is 10.3 Å². The van der Waals surface area contributed by atoms with Gasteiger partial charge in [-0.2, -0.15) is 0 Å². The summed E-state index contributed by atoms with van der Waals surface area (Å²) in [5.74, 6) is 0.740. The number of rotatable bonds is 7. The molecule has 4 aromatic rings. The lowest BCUT2D eigenvalue weighted by Gasteiger charge is -2.26. The zero-order valence-electron chi connectivity index (χ0n) is 20.3. The molecule has 6 nitrogen and oxygen atoms in total. The molecule has 0 saturated carbocycles. The molecule has 0 bridgehead atoms. The van der Waals surface area contributed by atoms with Crippen molar-refractivity contribution in [2.24, 2.45) is 0 Å². The SMILES string of the molecule is CCC(=O)Nc1ccc(N2C(=S)N[C@H](c3ccccn3)[C@H]2c2ccc(Sc3ccc(Cl)cc3)o2)cc1C. The zero-order valence-corrected chi connectivity index (χ0v) is 22.7. The fraction of sp³-hybridized carbons (Fsp3) is 0.179. The van der Waals surface area contributed by atoms with Gasteiger partial charge in [0.25, 0.3) is 0 Å². The van der Waals surface area contributed by atoms with E-state index < -0.39 is 0 Å². The Hall–Kier alpha value is -3.33. The number of anilines is 2. The molecule has 1 amide bonds. The van der Waals surface area contributed by atoms with Gasteiger partial charge in [0.15, 0.2) is 10.2 Å². The summed E-state index contributed by atoms with van der Waals surface area (Å²) in [6.45, 7) is 3.80. The normalized spacial score (nSPS) is 17.1. The van der Waals surface area contributed by atoms with Crippen molar-refractivity contribution < 1.29 is 9.21 Å². The molecule has 0 spiro atoms. The number of aromatic nitrogens is 1. The van der Waals surface area contributed by atoms with Gasteiger partial charge < -0.3 is 20.0 Å². The second-order valence-corrected chi connectivity index (χ2v) is 10.5. The van der Waals surface area contributed by atoms with Crippen LogP contribution in [0.1, 0.15) is 42.4 Å². The second-order valence-electron chi connectivity index (χ2n) is 8.61. The highest BCUT2D eigenvalue weighted by Crippen LogP contribution is 2.44. The summed E-state index contributed by atoms with van der Waals surface area (Å²) >= 11 is 13.4. The summed E-state index contributed by atoms with van der Waals surface area (Å²) in [6.07, 6.45) is 2.20. The molecular formula is C28H25ClN4O2S2. The van der Waals surface area contributed by atoms with Crippen molar-refractivity contribution in [3.8, 4) is 0 Å². The third kappa shape index (κ3) is 5.51. The predicted octanol–water partition coefficient (Wildman–Crippen LogP) is 7.31. The fourth-order valence-corrected chi connectivity index (χ4v) is 5.52. The van der Waals surface area contributed by atoms with Crippen molar-refractivity contribution in [1.29, 1.82) is 0 Å². The number of pyridine rings is 1. The number of halogens is 1. The number of benzene rings is 2. The van der Waals surface area contributed by atoms with Gasteiger partial charge in [0.05, 0.1) is 11.7 Å². The van der Waals surface area contributed by atoms with Crippen LogP contribution in [-0.4, -0.2) is 16.0 Å². The Morgan fingerprint density at radius 3 is 2.68 bits per heavy atom. The van der Waals surface area contributed by atoms with Crippen LogP contribution in [0.5, 0.6) is 0 Å². The van der Waals surface area contributed by atoms with Gasteiger partial charge in [-0.05, 0) is 91.4 Å². The van der Waals surface area contributed by atoms with E-state index in [1.54, 1.807) is 6.20 Å². The second kappa shape index (κ2) is 11.0. The molecule has 1 aliphatic rings. The highest BCUT2D eigenvalue weighted by molar-refractivity contribution is 7.99. The van der Waals surface area contributed by atoms with Crippen LogP contribution in [0.15, 0.2) is 93.4 Å². The van der Waals surface area contributed by atoms with Crippen LogP contribution < -0.4 is 15.5 Å². The van der Waals surface area contributed by atoms with E-state index in [9.17, 15) is 4.79 Å². The molecule has 3 heterocycles. The third-order valence-corrected chi connectivity index (χ3v) is 7.60. The van der Waals surface area contributed by atoms with E-state index >= 15 is 0 Å². The van der Waals surface area contributed by atoms with Gasteiger partial charge >= 0.3 is 0 Å². The largest absolute Gasteiger partial charge is 0.452 e. The average Bonchev–Trinajstić information content (AvgIpc) is 3.51. The number of nitrogens with zero attached hydrogens (tertiary/aromatic N) is 2. The zero-order chi connectivity index (χ0) is 25.9. The van der Waals surface area contributed by atoms with Gasteiger partial charge in [-0.3, -0.25) is 9.78 Å². The number of hydrogen-bond acceptors (Lipinski definition) is 5. The predicted molar refractivity (Wildman–Crippen MR) is 152 cm³/mol. The first-order chi connectivity index (χ1) is 17.9. The Bertz CT molecular complexity index is 1430. The van der Waals surface area contributed by atoms with Crippen molar-refractivity contribution >= 4 is 58.0 Å². The Kier molecular flexibility index (Phi) is 7.50. The van der Waals surface area contributed by atoms with Gasteiger partial charge in [-0.1, -0.05) is 36.4 Å². The van der Waals surface area contributed by atoms with Crippen molar-refractivity contribution in [2.75, 3.05) is 10.2 Å². The van der Waals surface area contributed by atoms with E-state index in [0.717, 1.165) is 38.4 Å². The highest BCUT2D eigenvalue weighted by Gasteiger charge is 2.42. The van der Waals surface area contributed by atoms with Gasteiger partial charge in [0, 0.05) is 33.9 Å². The maximum atomic E-state index is 11.9. The number of carbonyl (C=O) groups excluding carboxylic acids is 1. The maximum Gasteiger partial charge on any atom is 0.224 e. The molecule has 37 heavy (non-hydrogen) atoms. The summed E-state index contributed by atoms with van der Waals surface area (Å²) in [5.41, 5.74) is 3.49. The summed E-state index contributed by atoms with van der Waals surface area (Å²) in [7, 11) is 0. The number of aryl methyl sites for hydroxylation is 1. The number of hydrogen-bond donors (Lipinski definition) is 2. The van der Waals surface area contributed by atoms with Crippen molar-refractivity contribution in [3.63, 3.8) is 0 Å². The molecule has 0 unspecified atom stereocenters. The molecule has 1 aliphatic heterocycles. The summed E-state index contributed by atoms with van der Waals surface area (Å²) in [4.78, 5) is 19.6.